The van der Waals surface area contributed by atoms with Gasteiger partial charge in [0.25, 0.3) is 0 Å². The van der Waals surface area contributed by atoms with Crippen LogP contribution < -0.4 is 10.1 Å². The molecule has 0 fully saturated rings. The molecular formula is C24H32N6O. The summed E-state index contributed by atoms with van der Waals surface area (Å²) in [4.78, 5) is 10.9. The summed E-state index contributed by atoms with van der Waals surface area (Å²) in [5.41, 5.74) is 4.53. The van der Waals surface area contributed by atoms with E-state index >= 15 is 0 Å². The second kappa shape index (κ2) is 10.6. The summed E-state index contributed by atoms with van der Waals surface area (Å²) in [5.74, 6) is 1.82. The maximum absolute atomic E-state index is 5.84. The molecule has 3 aromatic rings. The molecule has 0 saturated heterocycles. The number of nitrogens with one attached hydrogen (secondary N) is 1. The minimum absolute atomic E-state index is 0.380. The Bertz CT molecular complexity index is 996. The Morgan fingerprint density at radius 3 is 2.68 bits per heavy atom. The van der Waals surface area contributed by atoms with Crippen LogP contribution in [0, 0.1) is 0 Å². The standard InChI is InChI=1S/C24H32N6O/c1-18(2)23-21(16-30(5)28-23)15-29(4)24(25-3)27-14-20-11-12-26-22(13-20)31-17-19-9-7-6-8-10-19/h6-13,16,18H,14-15,17H2,1-5H3,(H,25,27). The highest BCUT2D eigenvalue weighted by Gasteiger charge is 2.15. The van der Waals surface area contributed by atoms with Gasteiger partial charge in [-0.25, -0.2) is 4.98 Å². The molecule has 2 heterocycles. The molecule has 0 amide bonds. The van der Waals surface area contributed by atoms with Crippen LogP contribution in [0.25, 0.3) is 0 Å². The minimum Gasteiger partial charge on any atom is -0.473 e. The summed E-state index contributed by atoms with van der Waals surface area (Å²) in [6.07, 6.45) is 3.85. The predicted molar refractivity (Wildman–Crippen MR) is 124 cm³/mol. The van der Waals surface area contributed by atoms with Crippen LogP contribution in [0.2, 0.25) is 0 Å². The van der Waals surface area contributed by atoms with Crippen molar-refractivity contribution < 1.29 is 4.74 Å². The van der Waals surface area contributed by atoms with E-state index in [9.17, 15) is 0 Å². The first-order valence-electron chi connectivity index (χ1n) is 10.5. The number of rotatable bonds is 8. The highest BCUT2D eigenvalue weighted by atomic mass is 16.5. The molecule has 0 saturated carbocycles. The maximum Gasteiger partial charge on any atom is 0.213 e. The third kappa shape index (κ3) is 6.31. The quantitative estimate of drug-likeness (QED) is 0.444. The largest absolute Gasteiger partial charge is 0.473 e. The zero-order valence-corrected chi connectivity index (χ0v) is 19.0. The van der Waals surface area contributed by atoms with Gasteiger partial charge in [0, 0.05) is 58.3 Å². The van der Waals surface area contributed by atoms with Crippen LogP contribution in [0.4, 0.5) is 0 Å². The lowest BCUT2D eigenvalue weighted by molar-refractivity contribution is 0.293. The van der Waals surface area contributed by atoms with Gasteiger partial charge in [-0.3, -0.25) is 9.67 Å². The number of pyridine rings is 1. The molecule has 164 valence electrons. The predicted octanol–water partition coefficient (Wildman–Crippen LogP) is 3.72. The SMILES string of the molecule is CN=C(NCc1ccnc(OCc2ccccc2)c1)N(C)Cc1cn(C)nc1C(C)C. The Balaban J connectivity index is 1.58. The van der Waals surface area contributed by atoms with Crippen molar-refractivity contribution in [3.05, 3.63) is 77.2 Å². The number of ether oxygens (including phenoxy) is 1. The number of aromatic nitrogens is 3. The summed E-state index contributed by atoms with van der Waals surface area (Å²) < 4.78 is 7.72. The van der Waals surface area contributed by atoms with Gasteiger partial charge in [-0.05, 0) is 23.1 Å². The Hall–Kier alpha value is -3.35. The molecule has 0 aliphatic rings. The van der Waals surface area contributed by atoms with Crippen LogP contribution in [0.1, 0.15) is 42.1 Å². The molecule has 0 spiro atoms. The number of hydrogen-bond acceptors (Lipinski definition) is 4. The minimum atomic E-state index is 0.380. The molecule has 0 aliphatic carbocycles. The van der Waals surface area contributed by atoms with Crippen molar-refractivity contribution in [2.24, 2.45) is 12.0 Å². The van der Waals surface area contributed by atoms with E-state index in [1.54, 1.807) is 13.2 Å². The second-order valence-electron chi connectivity index (χ2n) is 7.90. The fourth-order valence-electron chi connectivity index (χ4n) is 3.43. The molecule has 0 unspecified atom stereocenters. The van der Waals surface area contributed by atoms with Crippen LogP contribution in [0.3, 0.4) is 0 Å². The maximum atomic E-state index is 5.84. The molecule has 1 N–H and O–H groups in total. The topological polar surface area (TPSA) is 67.6 Å². The third-order valence-electron chi connectivity index (χ3n) is 4.94. The van der Waals surface area contributed by atoms with Gasteiger partial charge >= 0.3 is 0 Å². The van der Waals surface area contributed by atoms with Crippen LogP contribution >= 0.6 is 0 Å². The lowest BCUT2D eigenvalue weighted by Gasteiger charge is -2.22. The zero-order valence-electron chi connectivity index (χ0n) is 19.0. The normalized spacial score (nSPS) is 11.6. The van der Waals surface area contributed by atoms with E-state index in [-0.39, 0.29) is 0 Å². The fraction of sp³-hybridized carbons (Fsp3) is 0.375. The van der Waals surface area contributed by atoms with Gasteiger partial charge in [-0.2, -0.15) is 5.10 Å². The van der Waals surface area contributed by atoms with Crippen molar-refractivity contribution in [1.82, 2.24) is 25.0 Å². The molecule has 0 radical (unpaired) electrons. The van der Waals surface area contributed by atoms with E-state index < -0.39 is 0 Å². The van der Waals surface area contributed by atoms with Gasteiger partial charge in [-0.15, -0.1) is 0 Å². The lowest BCUT2D eigenvalue weighted by atomic mass is 10.1. The molecular weight excluding hydrogens is 388 g/mol. The van der Waals surface area contributed by atoms with Crippen molar-refractivity contribution >= 4 is 5.96 Å². The van der Waals surface area contributed by atoms with Crippen molar-refractivity contribution in [3.8, 4) is 5.88 Å². The molecule has 7 nitrogen and oxygen atoms in total. The number of guanidine groups is 1. The third-order valence-corrected chi connectivity index (χ3v) is 4.94. The first-order chi connectivity index (χ1) is 15.0. The number of nitrogens with zero attached hydrogens (tertiary/aromatic N) is 5. The first-order valence-corrected chi connectivity index (χ1v) is 10.5. The van der Waals surface area contributed by atoms with Gasteiger partial charge in [0.2, 0.25) is 5.88 Å². The van der Waals surface area contributed by atoms with Crippen molar-refractivity contribution in [3.63, 3.8) is 0 Å². The molecule has 1 aromatic carbocycles. The van der Waals surface area contributed by atoms with Crippen molar-refractivity contribution in [2.45, 2.75) is 39.5 Å². The lowest BCUT2D eigenvalue weighted by Crippen LogP contribution is -2.38. The monoisotopic (exact) mass is 420 g/mol. The average Bonchev–Trinajstić information content (AvgIpc) is 3.14. The van der Waals surface area contributed by atoms with Gasteiger partial charge in [0.1, 0.15) is 6.61 Å². The van der Waals surface area contributed by atoms with Crippen LogP contribution in [0.5, 0.6) is 5.88 Å². The Kier molecular flexibility index (Phi) is 7.65. The van der Waals surface area contributed by atoms with Crippen LogP contribution in [-0.2, 0) is 26.7 Å². The fourth-order valence-corrected chi connectivity index (χ4v) is 3.43. The summed E-state index contributed by atoms with van der Waals surface area (Å²) >= 11 is 0. The van der Waals surface area contributed by atoms with Crippen LogP contribution in [0.15, 0.2) is 59.9 Å². The van der Waals surface area contributed by atoms with E-state index in [0.717, 1.165) is 29.3 Å². The highest BCUT2D eigenvalue weighted by molar-refractivity contribution is 5.79. The second-order valence-corrected chi connectivity index (χ2v) is 7.90. The van der Waals surface area contributed by atoms with E-state index in [0.29, 0.717) is 24.9 Å². The Morgan fingerprint density at radius 1 is 1.19 bits per heavy atom. The number of aliphatic imine (C=N–C) groups is 1. The van der Waals surface area contributed by atoms with Gasteiger partial charge in [-0.1, -0.05) is 44.2 Å². The Labute approximate surface area is 184 Å². The number of benzene rings is 1. The zero-order chi connectivity index (χ0) is 22.2. The summed E-state index contributed by atoms with van der Waals surface area (Å²) in [6.45, 7) is 6.20. The molecule has 7 heteroatoms. The molecule has 0 aliphatic heterocycles. The average molecular weight is 421 g/mol. The smallest absolute Gasteiger partial charge is 0.213 e. The Morgan fingerprint density at radius 2 is 1.97 bits per heavy atom. The molecule has 31 heavy (non-hydrogen) atoms. The van der Waals surface area contributed by atoms with Gasteiger partial charge < -0.3 is 15.0 Å². The summed E-state index contributed by atoms with van der Waals surface area (Å²) in [6, 6.07) is 14.0. The molecule has 0 bridgehead atoms. The van der Waals surface area contributed by atoms with Crippen LogP contribution in [-0.4, -0.2) is 39.7 Å². The molecule has 3 rings (SSSR count). The number of aryl methyl sites for hydroxylation is 1. The molecule has 0 atom stereocenters. The van der Waals surface area contributed by atoms with Crippen molar-refractivity contribution in [1.29, 1.82) is 0 Å². The van der Waals surface area contributed by atoms with Crippen molar-refractivity contribution in [2.75, 3.05) is 14.1 Å². The summed E-state index contributed by atoms with van der Waals surface area (Å²) in [7, 11) is 5.79. The van der Waals surface area contributed by atoms with E-state index in [2.05, 4.69) is 45.3 Å². The number of hydrogen-bond donors (Lipinski definition) is 1. The summed E-state index contributed by atoms with van der Waals surface area (Å²) in [5, 5.41) is 8.03. The highest BCUT2D eigenvalue weighted by Crippen LogP contribution is 2.18. The van der Waals surface area contributed by atoms with E-state index in [1.165, 1.54) is 5.56 Å². The first kappa shape index (κ1) is 22.3. The van der Waals surface area contributed by atoms with Gasteiger partial charge in [0.05, 0.1) is 5.69 Å². The van der Waals surface area contributed by atoms with E-state index in [4.69, 9.17) is 4.74 Å². The molecule has 2 aromatic heterocycles. The van der Waals surface area contributed by atoms with E-state index in [1.807, 2.05) is 61.2 Å². The van der Waals surface area contributed by atoms with Gasteiger partial charge in [0.15, 0.2) is 5.96 Å².